The Bertz CT molecular complexity index is 139. The van der Waals surface area contributed by atoms with Crippen molar-refractivity contribution in [2.24, 2.45) is 0 Å². The first-order valence-corrected chi connectivity index (χ1v) is 6.24. The summed E-state index contributed by atoms with van der Waals surface area (Å²) in [6, 6.07) is 0. The highest BCUT2D eigenvalue weighted by molar-refractivity contribution is 4.45. The number of unbranched alkanes of at least 4 members (excludes halogenated alkanes) is 4. The minimum absolute atomic E-state index is 0. The quantitative estimate of drug-likeness (QED) is 0.364. The summed E-state index contributed by atoms with van der Waals surface area (Å²) in [5, 5.41) is 17.9. The van der Waals surface area contributed by atoms with Crippen LogP contribution >= 0.6 is 0 Å². The van der Waals surface area contributed by atoms with Gasteiger partial charge in [-0.15, -0.1) is 0 Å². The first-order chi connectivity index (χ1) is 7.18. The van der Waals surface area contributed by atoms with Crippen molar-refractivity contribution in [3.8, 4) is 0 Å². The molecule has 0 saturated heterocycles. The molecule has 0 radical (unpaired) electrons. The lowest BCUT2D eigenvalue weighted by atomic mass is 10.1. The Kier molecular flexibility index (Phi) is 13.5. The van der Waals surface area contributed by atoms with Crippen LogP contribution in [0.25, 0.3) is 0 Å². The van der Waals surface area contributed by atoms with Crippen LogP contribution < -0.4 is 12.4 Å². The van der Waals surface area contributed by atoms with Crippen LogP contribution in [0.1, 0.15) is 39.0 Å². The Balaban J connectivity index is 0. The lowest BCUT2D eigenvalue weighted by molar-refractivity contribution is -0.910. The van der Waals surface area contributed by atoms with Gasteiger partial charge < -0.3 is 27.1 Å². The summed E-state index contributed by atoms with van der Waals surface area (Å²) in [5.41, 5.74) is 0. The maximum atomic E-state index is 8.97. The van der Waals surface area contributed by atoms with Gasteiger partial charge in [0.1, 0.15) is 13.1 Å². The Hall–Kier alpha value is 0.170. The number of rotatable bonds is 10. The monoisotopic (exact) mass is 253 g/mol. The molecule has 100 valence electrons. The van der Waals surface area contributed by atoms with Crippen LogP contribution in [-0.4, -0.2) is 54.6 Å². The first-order valence-electron chi connectivity index (χ1n) is 6.24. The molecule has 0 rings (SSSR count). The minimum atomic E-state index is 0. The number of quaternary nitrogens is 1. The summed E-state index contributed by atoms with van der Waals surface area (Å²) in [6.45, 7) is 5.24. The normalized spacial score (nSPS) is 11.2. The summed E-state index contributed by atoms with van der Waals surface area (Å²) in [7, 11) is 2.12. The molecular formula is C12H28ClNO2. The smallest absolute Gasteiger partial charge is 0.102 e. The Morgan fingerprint density at radius 1 is 0.812 bits per heavy atom. The van der Waals surface area contributed by atoms with Crippen molar-refractivity contribution < 1.29 is 27.1 Å². The molecule has 0 amide bonds. The third kappa shape index (κ3) is 9.40. The van der Waals surface area contributed by atoms with Crippen LogP contribution in [0.5, 0.6) is 0 Å². The third-order valence-electron chi connectivity index (χ3n) is 3.08. The molecule has 0 bridgehead atoms. The van der Waals surface area contributed by atoms with Crippen molar-refractivity contribution in [2.45, 2.75) is 39.0 Å². The van der Waals surface area contributed by atoms with Crippen molar-refractivity contribution in [1.82, 2.24) is 0 Å². The molecule has 0 heterocycles. The molecule has 0 aromatic rings. The van der Waals surface area contributed by atoms with E-state index < -0.39 is 0 Å². The van der Waals surface area contributed by atoms with E-state index in [-0.39, 0.29) is 25.6 Å². The number of halogens is 1. The Morgan fingerprint density at radius 2 is 1.31 bits per heavy atom. The molecule has 3 nitrogen and oxygen atoms in total. The van der Waals surface area contributed by atoms with E-state index in [0.29, 0.717) is 0 Å². The van der Waals surface area contributed by atoms with Crippen molar-refractivity contribution in [3.63, 3.8) is 0 Å². The third-order valence-corrected chi connectivity index (χ3v) is 3.08. The number of hydrogen-bond acceptors (Lipinski definition) is 2. The van der Waals surface area contributed by atoms with Crippen molar-refractivity contribution in [1.29, 1.82) is 0 Å². The van der Waals surface area contributed by atoms with Crippen LogP contribution in [0.3, 0.4) is 0 Å². The molecule has 0 aliphatic carbocycles. The van der Waals surface area contributed by atoms with E-state index in [2.05, 4.69) is 14.0 Å². The fraction of sp³-hybridized carbons (Fsp3) is 1.00. The van der Waals surface area contributed by atoms with E-state index in [4.69, 9.17) is 10.2 Å². The predicted octanol–water partition coefficient (Wildman–Crippen LogP) is -1.61. The predicted molar refractivity (Wildman–Crippen MR) is 63.7 cm³/mol. The van der Waals surface area contributed by atoms with Crippen LogP contribution in [0.2, 0.25) is 0 Å². The summed E-state index contributed by atoms with van der Waals surface area (Å²) in [6.07, 6.45) is 6.40. The average molecular weight is 254 g/mol. The molecule has 0 aromatic carbocycles. The van der Waals surface area contributed by atoms with Gasteiger partial charge in [0.2, 0.25) is 0 Å². The highest BCUT2D eigenvalue weighted by atomic mass is 35.5. The Labute approximate surface area is 106 Å². The summed E-state index contributed by atoms with van der Waals surface area (Å²) in [4.78, 5) is 0. The number of aliphatic hydroxyl groups is 2. The Morgan fingerprint density at radius 3 is 1.75 bits per heavy atom. The largest absolute Gasteiger partial charge is 1.00 e. The topological polar surface area (TPSA) is 40.5 Å². The lowest BCUT2D eigenvalue weighted by Crippen LogP contribution is -3.00. The van der Waals surface area contributed by atoms with Crippen LogP contribution in [0.4, 0.5) is 0 Å². The molecule has 4 heteroatoms. The van der Waals surface area contributed by atoms with Gasteiger partial charge in [-0.3, -0.25) is 0 Å². The zero-order valence-corrected chi connectivity index (χ0v) is 11.5. The van der Waals surface area contributed by atoms with Gasteiger partial charge in [-0.05, 0) is 12.8 Å². The molecule has 16 heavy (non-hydrogen) atoms. The molecule has 0 atom stereocenters. The molecule has 0 fully saturated rings. The van der Waals surface area contributed by atoms with Crippen molar-refractivity contribution in [2.75, 3.05) is 39.9 Å². The number of likely N-dealkylation sites (N-methyl/N-ethyl adjacent to an activating group) is 1. The molecule has 0 saturated carbocycles. The highest BCUT2D eigenvalue weighted by Gasteiger charge is 2.19. The van der Waals surface area contributed by atoms with Crippen molar-refractivity contribution in [3.05, 3.63) is 0 Å². The number of hydrogen-bond donors (Lipinski definition) is 2. The highest BCUT2D eigenvalue weighted by Crippen LogP contribution is 2.08. The molecule has 2 N–H and O–H groups in total. The van der Waals surface area contributed by atoms with Gasteiger partial charge in [-0.1, -0.05) is 26.2 Å². The summed E-state index contributed by atoms with van der Waals surface area (Å²) < 4.78 is 0.805. The SMILES string of the molecule is CCCCCCC[N+](C)(CCO)CCO.[Cl-]. The van der Waals surface area contributed by atoms with E-state index in [1.165, 1.54) is 32.1 Å². The van der Waals surface area contributed by atoms with Crippen LogP contribution in [0.15, 0.2) is 0 Å². The second-order valence-corrected chi connectivity index (χ2v) is 4.65. The first kappa shape index (κ1) is 18.5. The van der Waals surface area contributed by atoms with Gasteiger partial charge in [0.05, 0.1) is 26.8 Å². The molecule has 0 unspecified atom stereocenters. The van der Waals surface area contributed by atoms with E-state index in [1.54, 1.807) is 0 Å². The zero-order chi connectivity index (χ0) is 11.6. The van der Waals surface area contributed by atoms with E-state index in [9.17, 15) is 0 Å². The summed E-state index contributed by atoms with van der Waals surface area (Å²) >= 11 is 0. The molecular weight excluding hydrogens is 226 g/mol. The van der Waals surface area contributed by atoms with Crippen LogP contribution in [0, 0.1) is 0 Å². The maximum Gasteiger partial charge on any atom is 0.102 e. The van der Waals surface area contributed by atoms with E-state index >= 15 is 0 Å². The second kappa shape index (κ2) is 11.6. The van der Waals surface area contributed by atoms with Gasteiger partial charge in [0.15, 0.2) is 0 Å². The van der Waals surface area contributed by atoms with E-state index in [0.717, 1.165) is 24.1 Å². The van der Waals surface area contributed by atoms with Crippen LogP contribution in [-0.2, 0) is 0 Å². The fourth-order valence-corrected chi connectivity index (χ4v) is 1.92. The van der Waals surface area contributed by atoms with E-state index in [1.807, 2.05) is 0 Å². The fourth-order valence-electron chi connectivity index (χ4n) is 1.92. The molecule has 0 aliphatic heterocycles. The van der Waals surface area contributed by atoms with Gasteiger partial charge >= 0.3 is 0 Å². The standard InChI is InChI=1S/C12H28NO2.ClH/c1-3-4-5-6-7-8-13(2,9-11-14)10-12-15;/h14-15H,3-12H2,1-2H3;1H/q+1;/p-1. The van der Waals surface area contributed by atoms with Crippen molar-refractivity contribution >= 4 is 0 Å². The molecule has 0 spiro atoms. The number of aliphatic hydroxyl groups excluding tert-OH is 2. The van der Waals surface area contributed by atoms with Gasteiger partial charge in [0.25, 0.3) is 0 Å². The van der Waals surface area contributed by atoms with Gasteiger partial charge in [0, 0.05) is 0 Å². The summed E-state index contributed by atoms with van der Waals surface area (Å²) in [5.74, 6) is 0. The maximum absolute atomic E-state index is 8.97. The van der Waals surface area contributed by atoms with Gasteiger partial charge in [-0.2, -0.15) is 0 Å². The average Bonchev–Trinajstić information content (AvgIpc) is 2.18. The number of nitrogens with zero attached hydrogens (tertiary/aromatic N) is 1. The minimum Gasteiger partial charge on any atom is -1.00 e. The second-order valence-electron chi connectivity index (χ2n) is 4.65. The van der Waals surface area contributed by atoms with Gasteiger partial charge in [-0.25, -0.2) is 0 Å². The zero-order valence-electron chi connectivity index (χ0n) is 10.8. The molecule has 0 aromatic heterocycles. The molecule has 0 aliphatic rings. The lowest BCUT2D eigenvalue weighted by Gasteiger charge is -2.33.